The van der Waals surface area contributed by atoms with Gasteiger partial charge in [0.05, 0.1) is 57.2 Å². The number of para-hydroxylation sites is 1. The molecule has 4 aliphatic rings. The van der Waals surface area contributed by atoms with Crippen molar-refractivity contribution in [1.82, 2.24) is 35.2 Å². The first-order valence-electron chi connectivity index (χ1n) is 17.6. The van der Waals surface area contributed by atoms with Gasteiger partial charge < -0.3 is 42.1 Å². The fourth-order valence-electron chi connectivity index (χ4n) is 6.83. The maximum atomic E-state index is 13.1. The first-order valence-corrected chi connectivity index (χ1v) is 17.6. The lowest BCUT2D eigenvalue weighted by molar-refractivity contribution is -0.121. The predicted octanol–water partition coefficient (Wildman–Crippen LogP) is 1.18. The average Bonchev–Trinajstić information content (AvgIpc) is 4.04. The number of anilines is 2. The second kappa shape index (κ2) is 13.7. The van der Waals surface area contributed by atoms with Gasteiger partial charge in [0.25, 0.3) is 11.8 Å². The number of allylic oxidation sites excluding steroid dienone is 1. The number of rotatable bonds is 11. The van der Waals surface area contributed by atoms with Crippen LogP contribution in [0.4, 0.5) is 11.4 Å². The second-order valence-electron chi connectivity index (χ2n) is 14.4. The minimum Gasteiger partial charge on any atom is -0.393 e. The zero-order chi connectivity index (χ0) is 36.9. The van der Waals surface area contributed by atoms with Crippen molar-refractivity contribution in [3.8, 4) is 11.1 Å². The Bertz CT molecular complexity index is 1980. The van der Waals surface area contributed by atoms with E-state index in [1.807, 2.05) is 36.3 Å². The Labute approximate surface area is 305 Å². The van der Waals surface area contributed by atoms with E-state index in [0.29, 0.717) is 31.0 Å². The maximum Gasteiger partial charge on any atom is 0.271 e. The summed E-state index contributed by atoms with van der Waals surface area (Å²) in [5.41, 5.74) is 18.2. The van der Waals surface area contributed by atoms with Crippen molar-refractivity contribution in [1.29, 1.82) is 0 Å². The Hall–Kier alpha value is -5.24. The summed E-state index contributed by atoms with van der Waals surface area (Å²) in [6, 6.07) is 11.1. The minimum absolute atomic E-state index is 0.00338. The van der Waals surface area contributed by atoms with Crippen LogP contribution in [0.25, 0.3) is 11.1 Å². The molecule has 0 bridgehead atoms. The lowest BCUT2D eigenvalue weighted by Crippen LogP contribution is -2.47. The molecule has 2 aromatic heterocycles. The van der Waals surface area contributed by atoms with Crippen LogP contribution in [-0.2, 0) is 21.5 Å². The van der Waals surface area contributed by atoms with Gasteiger partial charge in [-0.3, -0.25) is 19.1 Å². The molecule has 4 heterocycles. The van der Waals surface area contributed by atoms with E-state index in [1.165, 1.54) is 11.0 Å². The van der Waals surface area contributed by atoms with Crippen molar-refractivity contribution in [2.75, 3.05) is 44.4 Å². The molecule has 2 saturated carbocycles. The molecule has 1 atom stereocenters. The Morgan fingerprint density at radius 3 is 2.48 bits per heavy atom. The molecule has 7 rings (SSSR count). The molecule has 3 aromatic rings. The molecule has 14 nitrogen and oxygen atoms in total. The minimum atomic E-state index is -1.39. The Balaban J connectivity index is 1.14. The summed E-state index contributed by atoms with van der Waals surface area (Å²) in [4.78, 5) is 48.2. The molecule has 52 heavy (non-hydrogen) atoms. The highest BCUT2D eigenvalue weighted by Crippen LogP contribution is 2.44. The number of pyridine rings is 1. The van der Waals surface area contributed by atoms with Crippen molar-refractivity contribution in [3.05, 3.63) is 83.0 Å². The number of amides is 3. The van der Waals surface area contributed by atoms with Crippen molar-refractivity contribution >= 4 is 44.8 Å². The first-order chi connectivity index (χ1) is 24.8. The summed E-state index contributed by atoms with van der Waals surface area (Å²) < 4.78 is 2.06. The molecule has 4 radical (unpaired) electrons. The number of hydrogen-bond donors (Lipinski definition) is 5. The highest BCUT2D eigenvalue weighted by atomic mass is 16.2. The van der Waals surface area contributed by atoms with Crippen LogP contribution in [0.1, 0.15) is 60.0 Å². The van der Waals surface area contributed by atoms with Crippen LogP contribution in [0.5, 0.6) is 0 Å². The summed E-state index contributed by atoms with van der Waals surface area (Å²) in [6.07, 6.45) is 7.63. The molecule has 1 aromatic carbocycles. The summed E-state index contributed by atoms with van der Waals surface area (Å²) in [5, 5.41) is 12.5. The number of carbonyl (C=O) groups is 3. The standard InChI is InChI=1S/C36H43B2N11O3/c1-46(2)35(52)26-8-5-9-29(44-26)36(37,38)48-15-14-22(18-48)49-28-19-47(3)32-23(24(28)17-41-49)6-4-7-25(32)43-27(31(40)34(51)42-21-12-13-21)16-30(39)45-33(50)20-10-11-20/h4-9,16-17,20-22,43H,10-15,18-19,39-40H2,1-3H3,(H,42,51)(H,45,50)/b30-16+,31-27+. The van der Waals surface area contributed by atoms with Crippen molar-refractivity contribution in [3.63, 3.8) is 0 Å². The van der Waals surface area contributed by atoms with Gasteiger partial charge in [0.2, 0.25) is 5.91 Å². The molecule has 1 saturated heterocycles. The number of aromatic nitrogens is 3. The van der Waals surface area contributed by atoms with E-state index in [0.717, 1.165) is 54.6 Å². The molecular formula is C36H43B2N11O3. The van der Waals surface area contributed by atoms with Crippen molar-refractivity contribution in [2.24, 2.45) is 17.4 Å². The monoisotopic (exact) mass is 699 g/mol. The lowest BCUT2D eigenvalue weighted by atomic mass is 9.58. The third kappa shape index (κ3) is 6.99. The fourth-order valence-corrected chi connectivity index (χ4v) is 6.83. The Morgan fingerprint density at radius 1 is 1.02 bits per heavy atom. The second-order valence-corrected chi connectivity index (χ2v) is 14.4. The zero-order valence-electron chi connectivity index (χ0n) is 29.7. The van der Waals surface area contributed by atoms with Gasteiger partial charge in [-0.2, -0.15) is 5.10 Å². The van der Waals surface area contributed by atoms with E-state index < -0.39 is 11.2 Å². The van der Waals surface area contributed by atoms with E-state index >= 15 is 0 Å². The van der Waals surface area contributed by atoms with Crippen molar-refractivity contribution in [2.45, 2.75) is 56.1 Å². The molecule has 0 spiro atoms. The smallest absolute Gasteiger partial charge is 0.271 e. The zero-order valence-corrected chi connectivity index (χ0v) is 29.7. The number of likely N-dealkylation sites (tertiary alicyclic amines) is 1. The topological polar surface area (TPSA) is 180 Å². The molecule has 7 N–H and O–H groups in total. The van der Waals surface area contributed by atoms with E-state index in [2.05, 4.69) is 30.5 Å². The van der Waals surface area contributed by atoms with Crippen LogP contribution < -0.4 is 32.3 Å². The van der Waals surface area contributed by atoms with E-state index in [-0.39, 0.29) is 52.7 Å². The first kappa shape index (κ1) is 35.2. The van der Waals surface area contributed by atoms with Gasteiger partial charge in [-0.1, -0.05) is 18.2 Å². The number of benzene rings is 1. The largest absolute Gasteiger partial charge is 0.393 e. The molecule has 16 heteroatoms. The van der Waals surface area contributed by atoms with Gasteiger partial charge in [-0.05, 0) is 62.2 Å². The predicted molar refractivity (Wildman–Crippen MR) is 200 cm³/mol. The summed E-state index contributed by atoms with van der Waals surface area (Å²) >= 11 is 0. The van der Waals surface area contributed by atoms with Gasteiger partial charge in [0.1, 0.15) is 17.2 Å². The Kier molecular flexibility index (Phi) is 9.28. The van der Waals surface area contributed by atoms with Crippen LogP contribution in [0, 0.1) is 5.92 Å². The molecule has 3 amide bonds. The fraction of sp³-hybridized carbons (Fsp3) is 0.417. The maximum absolute atomic E-state index is 13.1. The molecular weight excluding hydrogens is 656 g/mol. The molecule has 1 unspecified atom stereocenters. The molecule has 2 aliphatic carbocycles. The van der Waals surface area contributed by atoms with Crippen LogP contribution in [0.2, 0.25) is 0 Å². The quantitative estimate of drug-likeness (QED) is 0.111. The number of nitrogens with zero attached hydrogens (tertiary/aromatic N) is 6. The summed E-state index contributed by atoms with van der Waals surface area (Å²) in [6.45, 7) is 1.70. The number of nitrogens with one attached hydrogen (secondary N) is 3. The van der Waals surface area contributed by atoms with Gasteiger partial charge in [0.15, 0.2) is 0 Å². The SMILES string of the molecule is [B]C([B])(c1cccc(C(=O)N(C)C)n1)N1CCC(n2ncc3c2CN(C)c2c(NC(/C=C(\N)NC(=O)C4CC4)=C(/N)C(=O)NC4CC4)cccc2-3)C1. The van der Waals surface area contributed by atoms with Crippen LogP contribution in [0.15, 0.2) is 65.9 Å². The normalized spacial score (nSPS) is 19.3. The average molecular weight is 699 g/mol. The molecule has 266 valence electrons. The van der Waals surface area contributed by atoms with Crippen LogP contribution in [-0.4, -0.2) is 98.3 Å². The summed E-state index contributed by atoms with van der Waals surface area (Å²) in [5.74, 6) is -0.720. The van der Waals surface area contributed by atoms with E-state index in [4.69, 9.17) is 32.3 Å². The van der Waals surface area contributed by atoms with E-state index in [9.17, 15) is 14.4 Å². The van der Waals surface area contributed by atoms with Gasteiger partial charge in [0, 0.05) is 62.5 Å². The van der Waals surface area contributed by atoms with E-state index in [1.54, 1.807) is 32.3 Å². The number of hydrogen-bond acceptors (Lipinski definition) is 10. The number of nitrogens with two attached hydrogens (primary N) is 2. The number of carbonyl (C=O) groups excluding carboxylic acids is 3. The third-order valence-corrected chi connectivity index (χ3v) is 10.0. The molecule has 2 aliphatic heterocycles. The summed E-state index contributed by atoms with van der Waals surface area (Å²) in [7, 11) is 18.8. The highest BCUT2D eigenvalue weighted by molar-refractivity contribution is 6.39. The highest BCUT2D eigenvalue weighted by Gasteiger charge is 2.38. The van der Waals surface area contributed by atoms with Gasteiger partial charge in [-0.25, -0.2) is 4.98 Å². The lowest BCUT2D eigenvalue weighted by Gasteiger charge is -2.37. The van der Waals surface area contributed by atoms with Gasteiger partial charge in [-0.15, -0.1) is 0 Å². The van der Waals surface area contributed by atoms with Crippen LogP contribution in [0.3, 0.4) is 0 Å². The Morgan fingerprint density at radius 2 is 1.77 bits per heavy atom. The molecule has 3 fully saturated rings. The van der Waals surface area contributed by atoms with Crippen LogP contribution >= 0.6 is 0 Å². The van der Waals surface area contributed by atoms with Gasteiger partial charge >= 0.3 is 0 Å². The number of fused-ring (bicyclic) bond motifs is 3. The third-order valence-electron chi connectivity index (χ3n) is 10.0. The van der Waals surface area contributed by atoms with Crippen molar-refractivity contribution < 1.29 is 14.4 Å².